The molecule has 0 radical (unpaired) electrons. The van der Waals surface area contributed by atoms with Crippen molar-refractivity contribution in [2.75, 3.05) is 18.0 Å². The summed E-state index contributed by atoms with van der Waals surface area (Å²) in [5.41, 5.74) is 1.56. The number of nitrogens with zero attached hydrogens (tertiary/aromatic N) is 1. The summed E-state index contributed by atoms with van der Waals surface area (Å²) in [6.45, 7) is 10.5. The van der Waals surface area contributed by atoms with Crippen molar-refractivity contribution >= 4 is 17.3 Å². The van der Waals surface area contributed by atoms with Gasteiger partial charge in [-0.25, -0.2) is 4.39 Å². The lowest BCUT2D eigenvalue weighted by Gasteiger charge is -2.35. The highest BCUT2D eigenvalue weighted by atomic mass is 35.5. The lowest BCUT2D eigenvalue weighted by atomic mass is 9.86. The molecule has 20 heavy (non-hydrogen) atoms. The number of benzene rings is 1. The third kappa shape index (κ3) is 3.28. The first-order valence-electron chi connectivity index (χ1n) is 7.64. The Kier molecular flexibility index (Phi) is 4.95. The van der Waals surface area contributed by atoms with Gasteiger partial charge >= 0.3 is 0 Å². The van der Waals surface area contributed by atoms with E-state index in [1.54, 1.807) is 6.07 Å². The molecule has 1 saturated heterocycles. The van der Waals surface area contributed by atoms with E-state index in [-0.39, 0.29) is 11.7 Å². The molecular weight excluding hydrogens is 273 g/mol. The van der Waals surface area contributed by atoms with Crippen molar-refractivity contribution in [3.63, 3.8) is 0 Å². The Morgan fingerprint density at radius 2 is 1.75 bits per heavy atom. The molecular formula is C17H25ClFN. The second-order valence-electron chi connectivity index (χ2n) is 6.55. The molecule has 0 aliphatic carbocycles. The van der Waals surface area contributed by atoms with Gasteiger partial charge < -0.3 is 4.90 Å². The first kappa shape index (κ1) is 15.6. The predicted octanol–water partition coefficient (Wildman–Crippen LogP) is 5.47. The number of hydrogen-bond acceptors (Lipinski definition) is 1. The Morgan fingerprint density at radius 3 is 2.25 bits per heavy atom. The van der Waals surface area contributed by atoms with E-state index in [4.69, 9.17) is 11.6 Å². The summed E-state index contributed by atoms with van der Waals surface area (Å²) in [7, 11) is 0. The molecule has 0 aromatic heterocycles. The molecule has 1 aliphatic heterocycles. The molecule has 0 bridgehead atoms. The molecule has 1 aliphatic rings. The van der Waals surface area contributed by atoms with Crippen molar-refractivity contribution in [2.45, 2.75) is 46.5 Å². The number of hydrogen-bond donors (Lipinski definition) is 0. The molecule has 1 heterocycles. The standard InChI is InChI=1S/C17H25ClFN/c1-11(2)13-5-7-20(8-6-13)17-10-15(18)14(12(3)4)9-16(17)19/h9-13H,5-8H2,1-4H3. The Bertz CT molecular complexity index is 462. The van der Waals surface area contributed by atoms with E-state index in [0.717, 1.165) is 37.4 Å². The first-order chi connectivity index (χ1) is 9.40. The lowest BCUT2D eigenvalue weighted by Crippen LogP contribution is -2.35. The fraction of sp³-hybridized carbons (Fsp3) is 0.647. The summed E-state index contributed by atoms with van der Waals surface area (Å²) < 4.78 is 14.3. The van der Waals surface area contributed by atoms with Crippen LogP contribution in [0.15, 0.2) is 12.1 Å². The number of halogens is 2. The van der Waals surface area contributed by atoms with Gasteiger partial charge in [0.2, 0.25) is 0 Å². The minimum Gasteiger partial charge on any atom is -0.369 e. The van der Waals surface area contributed by atoms with Crippen LogP contribution < -0.4 is 4.90 Å². The maximum Gasteiger partial charge on any atom is 0.146 e. The smallest absolute Gasteiger partial charge is 0.146 e. The first-order valence-corrected chi connectivity index (χ1v) is 8.01. The van der Waals surface area contributed by atoms with E-state index < -0.39 is 0 Å². The maximum atomic E-state index is 14.3. The van der Waals surface area contributed by atoms with Crippen LogP contribution in [0.3, 0.4) is 0 Å². The Balaban J connectivity index is 2.16. The Morgan fingerprint density at radius 1 is 1.15 bits per heavy atom. The quantitative estimate of drug-likeness (QED) is 0.714. The van der Waals surface area contributed by atoms with Gasteiger partial charge in [-0.1, -0.05) is 39.3 Å². The van der Waals surface area contributed by atoms with E-state index in [2.05, 4.69) is 18.7 Å². The van der Waals surface area contributed by atoms with Crippen LogP contribution in [0, 0.1) is 17.7 Å². The highest BCUT2D eigenvalue weighted by molar-refractivity contribution is 6.31. The van der Waals surface area contributed by atoms with Gasteiger partial charge in [-0.3, -0.25) is 0 Å². The third-order valence-electron chi connectivity index (χ3n) is 4.51. The number of rotatable bonds is 3. The van der Waals surface area contributed by atoms with Crippen molar-refractivity contribution in [1.29, 1.82) is 0 Å². The van der Waals surface area contributed by atoms with E-state index in [0.29, 0.717) is 16.6 Å². The molecule has 2 rings (SSSR count). The van der Waals surface area contributed by atoms with Gasteiger partial charge in [0.15, 0.2) is 0 Å². The minimum atomic E-state index is -0.138. The summed E-state index contributed by atoms with van der Waals surface area (Å²) in [5.74, 6) is 1.59. The maximum absolute atomic E-state index is 14.3. The fourth-order valence-corrected chi connectivity index (χ4v) is 3.42. The molecule has 0 atom stereocenters. The monoisotopic (exact) mass is 297 g/mol. The summed E-state index contributed by atoms with van der Waals surface area (Å²) in [5, 5.41) is 0.683. The van der Waals surface area contributed by atoms with Crippen molar-refractivity contribution in [1.82, 2.24) is 0 Å². The van der Waals surface area contributed by atoms with Crippen LogP contribution in [0.1, 0.15) is 52.0 Å². The van der Waals surface area contributed by atoms with Gasteiger partial charge in [0, 0.05) is 18.1 Å². The fourth-order valence-electron chi connectivity index (χ4n) is 3.04. The zero-order valence-corrected chi connectivity index (χ0v) is 13.7. The van der Waals surface area contributed by atoms with Gasteiger partial charge in [-0.2, -0.15) is 0 Å². The minimum absolute atomic E-state index is 0.138. The Hall–Kier alpha value is -0.760. The molecule has 3 heteroatoms. The molecule has 0 unspecified atom stereocenters. The topological polar surface area (TPSA) is 3.24 Å². The molecule has 0 saturated carbocycles. The zero-order chi connectivity index (χ0) is 14.9. The van der Waals surface area contributed by atoms with Gasteiger partial charge in [-0.05, 0) is 48.3 Å². The van der Waals surface area contributed by atoms with Crippen LogP contribution in [-0.2, 0) is 0 Å². The second kappa shape index (κ2) is 6.34. The molecule has 0 spiro atoms. The number of anilines is 1. The SMILES string of the molecule is CC(C)c1cc(F)c(N2CCC(C(C)C)CC2)cc1Cl. The van der Waals surface area contributed by atoms with Crippen LogP contribution >= 0.6 is 11.6 Å². The lowest BCUT2D eigenvalue weighted by molar-refractivity contribution is 0.310. The van der Waals surface area contributed by atoms with Gasteiger partial charge in [0.05, 0.1) is 5.69 Å². The van der Waals surface area contributed by atoms with Crippen molar-refractivity contribution in [3.8, 4) is 0 Å². The largest absolute Gasteiger partial charge is 0.369 e. The van der Waals surface area contributed by atoms with Crippen molar-refractivity contribution in [3.05, 3.63) is 28.5 Å². The second-order valence-corrected chi connectivity index (χ2v) is 6.96. The van der Waals surface area contributed by atoms with Crippen LogP contribution in [0.2, 0.25) is 5.02 Å². The van der Waals surface area contributed by atoms with Crippen LogP contribution in [0.25, 0.3) is 0 Å². The normalized spacial score (nSPS) is 17.3. The molecule has 1 nitrogen and oxygen atoms in total. The highest BCUT2D eigenvalue weighted by Gasteiger charge is 2.24. The summed E-state index contributed by atoms with van der Waals surface area (Å²) in [6.07, 6.45) is 2.28. The molecule has 0 amide bonds. The van der Waals surface area contributed by atoms with Crippen LogP contribution in [0.5, 0.6) is 0 Å². The Labute approximate surface area is 127 Å². The van der Waals surface area contributed by atoms with E-state index >= 15 is 0 Å². The van der Waals surface area contributed by atoms with Gasteiger partial charge in [-0.15, -0.1) is 0 Å². The predicted molar refractivity (Wildman–Crippen MR) is 85.3 cm³/mol. The average Bonchev–Trinajstić information content (AvgIpc) is 2.40. The van der Waals surface area contributed by atoms with E-state index in [1.165, 1.54) is 0 Å². The summed E-state index contributed by atoms with van der Waals surface area (Å²) >= 11 is 6.30. The van der Waals surface area contributed by atoms with Gasteiger partial charge in [0.25, 0.3) is 0 Å². The number of piperidine rings is 1. The molecule has 1 aromatic rings. The molecule has 1 fully saturated rings. The molecule has 112 valence electrons. The molecule has 0 N–H and O–H groups in total. The van der Waals surface area contributed by atoms with Crippen molar-refractivity contribution in [2.24, 2.45) is 11.8 Å². The summed E-state index contributed by atoms with van der Waals surface area (Å²) in [6, 6.07) is 3.42. The highest BCUT2D eigenvalue weighted by Crippen LogP contribution is 2.34. The van der Waals surface area contributed by atoms with Gasteiger partial charge in [0.1, 0.15) is 5.82 Å². The zero-order valence-electron chi connectivity index (χ0n) is 12.9. The van der Waals surface area contributed by atoms with Crippen molar-refractivity contribution < 1.29 is 4.39 Å². The van der Waals surface area contributed by atoms with E-state index in [9.17, 15) is 4.39 Å². The summed E-state index contributed by atoms with van der Waals surface area (Å²) in [4.78, 5) is 2.14. The average molecular weight is 298 g/mol. The van der Waals surface area contributed by atoms with Crippen LogP contribution in [0.4, 0.5) is 10.1 Å². The molecule has 1 aromatic carbocycles. The third-order valence-corrected chi connectivity index (χ3v) is 4.84. The van der Waals surface area contributed by atoms with E-state index in [1.807, 2.05) is 19.9 Å². The van der Waals surface area contributed by atoms with Crippen LogP contribution in [-0.4, -0.2) is 13.1 Å².